The summed E-state index contributed by atoms with van der Waals surface area (Å²) >= 11 is 2.12. The molecule has 0 aromatic heterocycles. The molecule has 2 aromatic carbocycles. The van der Waals surface area contributed by atoms with Crippen molar-refractivity contribution in [1.82, 2.24) is 5.32 Å². The number of carboxylic acid groups (broad SMARTS) is 1. The highest BCUT2D eigenvalue weighted by Crippen LogP contribution is 2.13. The minimum absolute atomic E-state index is 0.0811. The van der Waals surface area contributed by atoms with Crippen LogP contribution in [0.3, 0.4) is 0 Å². The second-order valence-corrected chi connectivity index (χ2v) is 6.41. The molecule has 1 amide bonds. The van der Waals surface area contributed by atoms with Crippen LogP contribution in [0.2, 0.25) is 0 Å². The van der Waals surface area contributed by atoms with E-state index < -0.39 is 36.0 Å². The zero-order valence-corrected chi connectivity index (χ0v) is 14.6. The molecule has 0 spiro atoms. The molecule has 0 bridgehead atoms. The van der Waals surface area contributed by atoms with Crippen LogP contribution in [0.25, 0.3) is 0 Å². The zero-order valence-electron chi connectivity index (χ0n) is 12.4. The standard InChI is InChI=1S/C17H14F2INO3/c18-13-2-1-3-14(19)12(13)9-16(22)21-15(17(23)24)8-10-4-6-11(20)7-5-10/h1-7,15H,8-9H2,(H,21,22)(H,23,24)/t15-/m0/s1. The topological polar surface area (TPSA) is 66.4 Å². The Morgan fingerprint density at radius 3 is 2.21 bits per heavy atom. The van der Waals surface area contributed by atoms with Crippen molar-refractivity contribution in [3.63, 3.8) is 0 Å². The van der Waals surface area contributed by atoms with Gasteiger partial charge in [0.1, 0.15) is 17.7 Å². The molecule has 2 N–H and O–H groups in total. The number of carbonyl (C=O) groups excluding carboxylic acids is 1. The van der Waals surface area contributed by atoms with Crippen molar-refractivity contribution < 1.29 is 23.5 Å². The van der Waals surface area contributed by atoms with Crippen LogP contribution in [0, 0.1) is 15.2 Å². The molecule has 24 heavy (non-hydrogen) atoms. The van der Waals surface area contributed by atoms with Crippen LogP contribution in [0.4, 0.5) is 8.78 Å². The van der Waals surface area contributed by atoms with Crippen molar-refractivity contribution >= 4 is 34.5 Å². The predicted molar refractivity (Wildman–Crippen MR) is 92.5 cm³/mol. The number of carbonyl (C=O) groups is 2. The van der Waals surface area contributed by atoms with Gasteiger partial charge in [0.15, 0.2) is 0 Å². The highest BCUT2D eigenvalue weighted by atomic mass is 127. The average Bonchev–Trinajstić information content (AvgIpc) is 2.52. The van der Waals surface area contributed by atoms with Gasteiger partial charge in [-0.3, -0.25) is 4.79 Å². The Hall–Kier alpha value is -2.03. The molecule has 7 heteroatoms. The van der Waals surface area contributed by atoms with Gasteiger partial charge in [0.25, 0.3) is 0 Å². The van der Waals surface area contributed by atoms with E-state index in [0.717, 1.165) is 21.3 Å². The van der Waals surface area contributed by atoms with Crippen molar-refractivity contribution in [3.8, 4) is 0 Å². The van der Waals surface area contributed by atoms with Gasteiger partial charge in [-0.2, -0.15) is 0 Å². The van der Waals surface area contributed by atoms with Crippen molar-refractivity contribution in [3.05, 3.63) is 68.8 Å². The minimum atomic E-state index is -1.21. The summed E-state index contributed by atoms with van der Waals surface area (Å²) in [5.41, 5.74) is 0.355. The number of benzene rings is 2. The summed E-state index contributed by atoms with van der Waals surface area (Å²) in [6.45, 7) is 0. The third kappa shape index (κ3) is 4.98. The van der Waals surface area contributed by atoms with Gasteiger partial charge in [-0.05, 0) is 52.4 Å². The summed E-state index contributed by atoms with van der Waals surface area (Å²) in [7, 11) is 0. The molecule has 0 saturated carbocycles. The molecule has 126 valence electrons. The molecule has 0 radical (unpaired) electrons. The lowest BCUT2D eigenvalue weighted by atomic mass is 10.1. The fourth-order valence-corrected chi connectivity index (χ4v) is 2.52. The van der Waals surface area contributed by atoms with Gasteiger partial charge < -0.3 is 10.4 Å². The molecule has 4 nitrogen and oxygen atoms in total. The van der Waals surface area contributed by atoms with Crippen molar-refractivity contribution in [2.75, 3.05) is 0 Å². The fraction of sp³-hybridized carbons (Fsp3) is 0.176. The van der Waals surface area contributed by atoms with Crippen molar-refractivity contribution in [2.45, 2.75) is 18.9 Å². The van der Waals surface area contributed by atoms with Gasteiger partial charge in [-0.25, -0.2) is 13.6 Å². The van der Waals surface area contributed by atoms with E-state index in [9.17, 15) is 23.5 Å². The lowest BCUT2D eigenvalue weighted by Gasteiger charge is -2.15. The van der Waals surface area contributed by atoms with E-state index in [1.54, 1.807) is 12.1 Å². The minimum Gasteiger partial charge on any atom is -0.480 e. The Labute approximate surface area is 151 Å². The van der Waals surface area contributed by atoms with Crippen molar-refractivity contribution in [2.24, 2.45) is 0 Å². The molecule has 0 aliphatic heterocycles. The monoisotopic (exact) mass is 445 g/mol. The number of rotatable bonds is 6. The average molecular weight is 445 g/mol. The van der Waals surface area contributed by atoms with E-state index in [1.165, 1.54) is 6.07 Å². The Balaban J connectivity index is 2.06. The number of carboxylic acids is 1. The lowest BCUT2D eigenvalue weighted by molar-refractivity contribution is -0.141. The molecular weight excluding hydrogens is 431 g/mol. The molecule has 2 aromatic rings. The molecule has 2 rings (SSSR count). The first-order valence-corrected chi connectivity index (χ1v) is 8.14. The van der Waals surface area contributed by atoms with E-state index in [4.69, 9.17) is 0 Å². The van der Waals surface area contributed by atoms with Crippen LogP contribution >= 0.6 is 22.6 Å². The van der Waals surface area contributed by atoms with Gasteiger partial charge in [0, 0.05) is 15.6 Å². The Kier molecular flexibility index (Phi) is 6.24. The molecule has 0 heterocycles. The maximum Gasteiger partial charge on any atom is 0.326 e. The first-order valence-electron chi connectivity index (χ1n) is 7.06. The van der Waals surface area contributed by atoms with Crippen LogP contribution in [0.5, 0.6) is 0 Å². The van der Waals surface area contributed by atoms with E-state index in [0.29, 0.717) is 0 Å². The molecule has 0 saturated heterocycles. The highest BCUT2D eigenvalue weighted by molar-refractivity contribution is 14.1. The second kappa shape index (κ2) is 8.18. The third-order valence-electron chi connectivity index (χ3n) is 3.39. The number of aliphatic carboxylic acids is 1. The molecule has 0 unspecified atom stereocenters. The molecular formula is C17H14F2INO3. The first-order chi connectivity index (χ1) is 11.4. The number of hydrogen-bond donors (Lipinski definition) is 2. The van der Waals surface area contributed by atoms with E-state index in [-0.39, 0.29) is 12.0 Å². The van der Waals surface area contributed by atoms with Crippen molar-refractivity contribution in [1.29, 1.82) is 0 Å². The number of nitrogens with one attached hydrogen (secondary N) is 1. The first kappa shape index (κ1) is 18.3. The maximum atomic E-state index is 13.6. The van der Waals surface area contributed by atoms with E-state index in [1.807, 2.05) is 12.1 Å². The summed E-state index contributed by atoms with van der Waals surface area (Å²) in [6.07, 6.45) is -0.479. The lowest BCUT2D eigenvalue weighted by Crippen LogP contribution is -2.43. The van der Waals surface area contributed by atoms with E-state index in [2.05, 4.69) is 27.9 Å². The van der Waals surface area contributed by atoms with Gasteiger partial charge in [-0.15, -0.1) is 0 Å². The van der Waals surface area contributed by atoms with Gasteiger partial charge in [0.2, 0.25) is 5.91 Å². The van der Waals surface area contributed by atoms with Crippen LogP contribution in [-0.2, 0) is 22.4 Å². The van der Waals surface area contributed by atoms with Gasteiger partial charge >= 0.3 is 5.97 Å². The Morgan fingerprint density at radius 2 is 1.67 bits per heavy atom. The summed E-state index contributed by atoms with van der Waals surface area (Å²) in [4.78, 5) is 23.3. The number of halogens is 3. The van der Waals surface area contributed by atoms with Gasteiger partial charge in [-0.1, -0.05) is 18.2 Å². The zero-order chi connectivity index (χ0) is 17.7. The molecule has 0 fully saturated rings. The third-order valence-corrected chi connectivity index (χ3v) is 4.10. The Bertz CT molecular complexity index is 730. The van der Waals surface area contributed by atoms with Crippen LogP contribution < -0.4 is 5.32 Å². The summed E-state index contributed by atoms with van der Waals surface area (Å²) < 4.78 is 28.1. The largest absolute Gasteiger partial charge is 0.480 e. The smallest absolute Gasteiger partial charge is 0.326 e. The summed E-state index contributed by atoms with van der Waals surface area (Å²) in [5, 5.41) is 11.6. The number of hydrogen-bond acceptors (Lipinski definition) is 2. The predicted octanol–water partition coefficient (Wildman–Crippen LogP) is 2.92. The van der Waals surface area contributed by atoms with Gasteiger partial charge in [0.05, 0.1) is 6.42 Å². The second-order valence-electron chi connectivity index (χ2n) is 5.17. The summed E-state index contributed by atoms with van der Waals surface area (Å²) in [5.74, 6) is -3.64. The van der Waals surface area contributed by atoms with Crippen LogP contribution in [-0.4, -0.2) is 23.0 Å². The maximum absolute atomic E-state index is 13.6. The van der Waals surface area contributed by atoms with Crippen LogP contribution in [0.15, 0.2) is 42.5 Å². The fourth-order valence-electron chi connectivity index (χ4n) is 2.16. The highest BCUT2D eigenvalue weighted by Gasteiger charge is 2.22. The molecule has 1 atom stereocenters. The quantitative estimate of drug-likeness (QED) is 0.673. The normalized spacial score (nSPS) is 11.8. The number of amides is 1. The Morgan fingerprint density at radius 1 is 1.08 bits per heavy atom. The summed E-state index contributed by atoms with van der Waals surface area (Å²) in [6, 6.07) is 9.30. The van der Waals surface area contributed by atoms with E-state index >= 15 is 0 Å². The van der Waals surface area contributed by atoms with Crippen LogP contribution in [0.1, 0.15) is 11.1 Å². The molecule has 0 aliphatic rings. The molecule has 0 aliphatic carbocycles. The SMILES string of the molecule is O=C(Cc1c(F)cccc1F)N[C@@H](Cc1ccc(I)cc1)C(=O)O.